The summed E-state index contributed by atoms with van der Waals surface area (Å²) in [6.45, 7) is 2.26. The largest absolute Gasteiger partial charge is 0.368 e. The molecule has 1 heterocycles. The fraction of sp³-hybridized carbons (Fsp3) is 0.308. The van der Waals surface area contributed by atoms with Crippen molar-refractivity contribution in [2.24, 2.45) is 0 Å². The Kier molecular flexibility index (Phi) is 5.15. The Bertz CT molecular complexity index is 601. The second kappa shape index (κ2) is 7.07. The van der Waals surface area contributed by atoms with E-state index in [0.29, 0.717) is 18.1 Å². The first-order chi connectivity index (χ1) is 10.0. The van der Waals surface area contributed by atoms with Gasteiger partial charge in [-0.05, 0) is 31.0 Å². The molecule has 0 saturated heterocycles. The van der Waals surface area contributed by atoms with Gasteiger partial charge in [-0.2, -0.15) is 4.98 Å². The van der Waals surface area contributed by atoms with Crippen LogP contribution in [0, 0.1) is 5.82 Å². The number of aromatic nitrogens is 3. The van der Waals surface area contributed by atoms with Crippen molar-refractivity contribution >= 4 is 23.6 Å². The van der Waals surface area contributed by atoms with Crippen molar-refractivity contribution in [3.63, 3.8) is 0 Å². The van der Waals surface area contributed by atoms with Crippen LogP contribution in [-0.4, -0.2) is 32.9 Å². The number of nitrogens with two attached hydrogens (primary N) is 1. The number of aromatic amines is 1. The lowest BCUT2D eigenvalue weighted by atomic mass is 10.1. The predicted octanol–water partition coefficient (Wildman–Crippen LogP) is 1.37. The third kappa shape index (κ3) is 4.75. The van der Waals surface area contributed by atoms with E-state index in [1.54, 1.807) is 19.1 Å². The molecule has 1 aromatic heterocycles. The number of nitrogens with one attached hydrogen (secondary N) is 2. The number of carbonyl (C=O) groups excluding carboxylic acids is 1. The standard InChI is InChI=1S/C13H16FN5OS/c1-8(21-13-17-12(15)18-19-13)11(20)16-7-6-9-2-4-10(14)5-3-9/h2-5,8H,6-7H2,1H3,(H,16,20)(H3,15,17,18,19)/t8-/m0/s1. The van der Waals surface area contributed by atoms with Crippen molar-refractivity contribution in [3.8, 4) is 0 Å². The maximum absolute atomic E-state index is 12.8. The summed E-state index contributed by atoms with van der Waals surface area (Å²) in [6, 6.07) is 6.22. The maximum atomic E-state index is 12.8. The molecule has 1 aromatic carbocycles. The lowest BCUT2D eigenvalue weighted by Gasteiger charge is -2.10. The van der Waals surface area contributed by atoms with Gasteiger partial charge in [0.1, 0.15) is 5.82 Å². The van der Waals surface area contributed by atoms with Gasteiger partial charge in [-0.15, -0.1) is 5.10 Å². The van der Waals surface area contributed by atoms with Gasteiger partial charge in [-0.3, -0.25) is 4.79 Å². The van der Waals surface area contributed by atoms with Gasteiger partial charge in [0.15, 0.2) is 0 Å². The zero-order valence-corrected chi connectivity index (χ0v) is 12.3. The number of nitrogens with zero attached hydrogens (tertiary/aromatic N) is 2. The summed E-state index contributed by atoms with van der Waals surface area (Å²) in [4.78, 5) is 15.8. The van der Waals surface area contributed by atoms with E-state index in [2.05, 4.69) is 20.5 Å². The zero-order valence-electron chi connectivity index (χ0n) is 11.5. The van der Waals surface area contributed by atoms with Crippen molar-refractivity contribution in [1.29, 1.82) is 0 Å². The molecule has 2 rings (SSSR count). The van der Waals surface area contributed by atoms with E-state index >= 15 is 0 Å². The van der Waals surface area contributed by atoms with Crippen LogP contribution in [0.3, 0.4) is 0 Å². The minimum atomic E-state index is -0.326. The third-order valence-corrected chi connectivity index (χ3v) is 3.72. The summed E-state index contributed by atoms with van der Waals surface area (Å²) in [5.41, 5.74) is 6.39. The Morgan fingerprint density at radius 3 is 2.81 bits per heavy atom. The van der Waals surface area contributed by atoms with Crippen LogP contribution in [0.2, 0.25) is 0 Å². The van der Waals surface area contributed by atoms with Crippen LogP contribution >= 0.6 is 11.8 Å². The number of anilines is 1. The van der Waals surface area contributed by atoms with E-state index in [1.165, 1.54) is 23.9 Å². The molecule has 1 atom stereocenters. The van der Waals surface area contributed by atoms with Crippen molar-refractivity contribution in [1.82, 2.24) is 20.5 Å². The fourth-order valence-corrected chi connectivity index (χ4v) is 2.40. The molecule has 0 fully saturated rings. The maximum Gasteiger partial charge on any atom is 0.233 e. The molecule has 0 radical (unpaired) electrons. The van der Waals surface area contributed by atoms with E-state index < -0.39 is 0 Å². The number of halogens is 1. The van der Waals surface area contributed by atoms with Gasteiger partial charge in [-0.25, -0.2) is 9.49 Å². The van der Waals surface area contributed by atoms with Crippen molar-refractivity contribution in [3.05, 3.63) is 35.6 Å². The Morgan fingerprint density at radius 1 is 1.48 bits per heavy atom. The highest BCUT2D eigenvalue weighted by molar-refractivity contribution is 8.00. The molecule has 0 aliphatic heterocycles. The minimum absolute atomic E-state index is 0.106. The molecule has 2 aromatic rings. The molecule has 0 aliphatic rings. The van der Waals surface area contributed by atoms with E-state index in [-0.39, 0.29) is 22.9 Å². The van der Waals surface area contributed by atoms with E-state index in [0.717, 1.165) is 5.56 Å². The summed E-state index contributed by atoms with van der Waals surface area (Å²) < 4.78 is 12.8. The number of benzene rings is 1. The molecule has 0 spiro atoms. The molecule has 0 unspecified atom stereocenters. The van der Waals surface area contributed by atoms with Crippen molar-refractivity contribution in [2.75, 3.05) is 12.3 Å². The molecule has 0 aliphatic carbocycles. The smallest absolute Gasteiger partial charge is 0.233 e. The quantitative estimate of drug-likeness (QED) is 0.700. The number of amides is 1. The summed E-state index contributed by atoms with van der Waals surface area (Å²) >= 11 is 1.23. The summed E-state index contributed by atoms with van der Waals surface area (Å²) in [7, 11) is 0. The predicted molar refractivity (Wildman–Crippen MR) is 79.2 cm³/mol. The van der Waals surface area contributed by atoms with Gasteiger partial charge in [0, 0.05) is 6.54 Å². The van der Waals surface area contributed by atoms with Crippen LogP contribution in [0.15, 0.2) is 29.4 Å². The van der Waals surface area contributed by atoms with Crippen LogP contribution < -0.4 is 11.1 Å². The first-order valence-corrected chi connectivity index (χ1v) is 7.29. The Balaban J connectivity index is 1.74. The summed E-state index contributed by atoms with van der Waals surface area (Å²) in [5, 5.41) is 9.31. The average Bonchev–Trinajstić information content (AvgIpc) is 2.86. The second-order valence-corrected chi connectivity index (χ2v) is 5.74. The van der Waals surface area contributed by atoms with Crippen molar-refractivity contribution in [2.45, 2.75) is 23.8 Å². The van der Waals surface area contributed by atoms with Crippen LogP contribution in [0.4, 0.5) is 10.3 Å². The number of nitrogen functional groups attached to an aromatic ring is 1. The van der Waals surface area contributed by atoms with Gasteiger partial charge >= 0.3 is 0 Å². The average molecular weight is 309 g/mol. The molecular formula is C13H16FN5OS. The molecule has 8 heteroatoms. The lowest BCUT2D eigenvalue weighted by molar-refractivity contribution is -0.120. The van der Waals surface area contributed by atoms with Gasteiger partial charge in [0.05, 0.1) is 5.25 Å². The van der Waals surface area contributed by atoms with Crippen LogP contribution in [0.25, 0.3) is 0 Å². The molecule has 0 saturated carbocycles. The minimum Gasteiger partial charge on any atom is -0.368 e. The van der Waals surface area contributed by atoms with Crippen LogP contribution in [0.5, 0.6) is 0 Å². The SMILES string of the molecule is C[C@H](Sc1n[nH]c(N)n1)C(=O)NCCc1ccc(F)cc1. The molecule has 112 valence electrons. The normalized spacial score (nSPS) is 12.1. The van der Waals surface area contributed by atoms with E-state index in [9.17, 15) is 9.18 Å². The van der Waals surface area contributed by atoms with Gasteiger partial charge < -0.3 is 11.1 Å². The van der Waals surface area contributed by atoms with Gasteiger partial charge in [0.2, 0.25) is 17.0 Å². The summed E-state index contributed by atoms with van der Waals surface area (Å²) in [6.07, 6.45) is 0.650. The van der Waals surface area contributed by atoms with E-state index in [4.69, 9.17) is 5.73 Å². The monoisotopic (exact) mass is 309 g/mol. The van der Waals surface area contributed by atoms with Crippen molar-refractivity contribution < 1.29 is 9.18 Å². The Morgan fingerprint density at radius 2 is 2.19 bits per heavy atom. The molecule has 4 N–H and O–H groups in total. The van der Waals surface area contributed by atoms with Crippen LogP contribution in [-0.2, 0) is 11.2 Å². The lowest BCUT2D eigenvalue weighted by Crippen LogP contribution is -2.32. The Labute approximate surface area is 125 Å². The Hall–Kier alpha value is -2.09. The number of carbonyl (C=O) groups is 1. The zero-order chi connectivity index (χ0) is 15.2. The molecule has 21 heavy (non-hydrogen) atoms. The highest BCUT2D eigenvalue weighted by Crippen LogP contribution is 2.19. The van der Waals surface area contributed by atoms with Gasteiger partial charge in [0.25, 0.3) is 0 Å². The topological polar surface area (TPSA) is 96.7 Å². The van der Waals surface area contributed by atoms with Crippen LogP contribution in [0.1, 0.15) is 12.5 Å². The number of H-pyrrole nitrogens is 1. The number of rotatable bonds is 6. The highest BCUT2D eigenvalue weighted by Gasteiger charge is 2.16. The molecule has 6 nitrogen and oxygen atoms in total. The second-order valence-electron chi connectivity index (χ2n) is 4.43. The molecular weight excluding hydrogens is 293 g/mol. The summed E-state index contributed by atoms with van der Waals surface area (Å²) in [5.74, 6) is -0.148. The molecule has 1 amide bonds. The highest BCUT2D eigenvalue weighted by atomic mass is 32.2. The number of hydrogen-bond donors (Lipinski definition) is 3. The number of thioether (sulfide) groups is 1. The molecule has 0 bridgehead atoms. The first kappa shape index (κ1) is 15.3. The fourth-order valence-electron chi connectivity index (χ4n) is 1.65. The third-order valence-electron chi connectivity index (χ3n) is 2.76. The van der Waals surface area contributed by atoms with E-state index in [1.807, 2.05) is 0 Å². The number of hydrogen-bond acceptors (Lipinski definition) is 5. The first-order valence-electron chi connectivity index (χ1n) is 6.41. The van der Waals surface area contributed by atoms with Gasteiger partial charge in [-0.1, -0.05) is 23.9 Å².